The average Bonchev–Trinajstić information content (AvgIpc) is 3.27. The quantitative estimate of drug-likeness (QED) is 0.500. The summed E-state index contributed by atoms with van der Waals surface area (Å²) in [4.78, 5) is 13.4. The number of benzene rings is 1. The molecule has 0 saturated heterocycles. The lowest BCUT2D eigenvalue weighted by Gasteiger charge is -2.37. The standard InChI is InChI=1S/C21H26Cl2N4O3S/c1-27-12-17(13-3-5-14(6-4-13)31(2,29)30)18(26-27)15-7-8-20(22,23)11-16(15)19(28)25-21(24)9-10-21/h3-6,12,15-16H,7-11,24H2,1-2H3,(H,25,28). The molecule has 31 heavy (non-hydrogen) atoms. The number of hydrogen-bond acceptors (Lipinski definition) is 5. The van der Waals surface area contributed by atoms with E-state index in [1.807, 2.05) is 13.2 Å². The minimum absolute atomic E-state index is 0.153. The molecule has 1 heterocycles. The van der Waals surface area contributed by atoms with Gasteiger partial charge in [-0.3, -0.25) is 9.48 Å². The number of aryl methyl sites for hydroxylation is 1. The van der Waals surface area contributed by atoms with E-state index in [1.54, 1.807) is 28.9 Å². The lowest BCUT2D eigenvalue weighted by Crippen LogP contribution is -2.49. The lowest BCUT2D eigenvalue weighted by molar-refractivity contribution is -0.127. The van der Waals surface area contributed by atoms with Crippen molar-refractivity contribution >= 4 is 38.9 Å². The van der Waals surface area contributed by atoms with Crippen LogP contribution >= 0.6 is 23.2 Å². The molecule has 4 rings (SSSR count). The predicted octanol–water partition coefficient (Wildman–Crippen LogP) is 3.11. The van der Waals surface area contributed by atoms with Crippen molar-refractivity contribution in [2.75, 3.05) is 6.26 Å². The Hall–Kier alpha value is -1.61. The Morgan fingerprint density at radius 2 is 1.87 bits per heavy atom. The highest BCUT2D eigenvalue weighted by Crippen LogP contribution is 2.49. The summed E-state index contributed by atoms with van der Waals surface area (Å²) in [5.41, 5.74) is 7.95. The van der Waals surface area contributed by atoms with Crippen LogP contribution < -0.4 is 11.1 Å². The normalized spacial score (nSPS) is 24.5. The summed E-state index contributed by atoms with van der Waals surface area (Å²) in [6.45, 7) is 0. The topological polar surface area (TPSA) is 107 Å². The molecule has 2 atom stereocenters. The van der Waals surface area contributed by atoms with Crippen LogP contribution in [0.3, 0.4) is 0 Å². The minimum atomic E-state index is -3.29. The van der Waals surface area contributed by atoms with Crippen LogP contribution in [-0.4, -0.2) is 40.4 Å². The molecule has 0 radical (unpaired) electrons. The summed E-state index contributed by atoms with van der Waals surface area (Å²) in [7, 11) is -1.46. The monoisotopic (exact) mass is 484 g/mol. The van der Waals surface area contributed by atoms with Gasteiger partial charge in [0.2, 0.25) is 5.91 Å². The molecule has 2 aliphatic carbocycles. The first kappa shape index (κ1) is 22.6. The van der Waals surface area contributed by atoms with Crippen LogP contribution in [0.5, 0.6) is 0 Å². The first-order valence-corrected chi connectivity index (χ1v) is 12.8. The van der Waals surface area contributed by atoms with Crippen molar-refractivity contribution in [3.63, 3.8) is 0 Å². The first-order valence-electron chi connectivity index (χ1n) is 10.2. The van der Waals surface area contributed by atoms with E-state index in [0.29, 0.717) is 19.3 Å². The number of halogens is 2. The molecule has 2 fully saturated rings. The van der Waals surface area contributed by atoms with E-state index < -0.39 is 25.8 Å². The maximum atomic E-state index is 13.1. The van der Waals surface area contributed by atoms with E-state index in [1.165, 1.54) is 6.26 Å². The number of alkyl halides is 2. The number of amides is 1. The van der Waals surface area contributed by atoms with Crippen LogP contribution in [0.4, 0.5) is 0 Å². The van der Waals surface area contributed by atoms with Crippen LogP contribution in [0.15, 0.2) is 35.4 Å². The fourth-order valence-corrected chi connectivity index (χ4v) is 5.40. The van der Waals surface area contributed by atoms with Crippen molar-refractivity contribution in [1.29, 1.82) is 0 Å². The Labute approximate surface area is 192 Å². The molecule has 2 unspecified atom stereocenters. The van der Waals surface area contributed by atoms with Gasteiger partial charge in [-0.25, -0.2) is 8.42 Å². The Balaban J connectivity index is 1.69. The van der Waals surface area contributed by atoms with Gasteiger partial charge in [0.25, 0.3) is 0 Å². The second kappa shape index (κ2) is 7.76. The molecule has 2 saturated carbocycles. The molecule has 10 heteroatoms. The number of sulfone groups is 1. The Morgan fingerprint density at radius 3 is 2.45 bits per heavy atom. The molecule has 3 N–H and O–H groups in total. The van der Waals surface area contributed by atoms with Gasteiger partial charge in [-0.2, -0.15) is 5.10 Å². The van der Waals surface area contributed by atoms with Gasteiger partial charge in [0.1, 0.15) is 4.33 Å². The molecule has 168 valence electrons. The molecule has 0 spiro atoms. The molecule has 0 aliphatic heterocycles. The molecule has 2 aliphatic rings. The largest absolute Gasteiger partial charge is 0.338 e. The summed E-state index contributed by atoms with van der Waals surface area (Å²) < 4.78 is 24.3. The van der Waals surface area contributed by atoms with Crippen molar-refractivity contribution in [3.8, 4) is 11.1 Å². The van der Waals surface area contributed by atoms with E-state index in [4.69, 9.17) is 28.9 Å². The van der Waals surface area contributed by atoms with Gasteiger partial charge in [-0.1, -0.05) is 12.1 Å². The molecule has 1 amide bonds. The second-order valence-corrected chi connectivity index (χ2v) is 12.5. The fraction of sp³-hybridized carbons (Fsp3) is 0.524. The van der Waals surface area contributed by atoms with Gasteiger partial charge < -0.3 is 11.1 Å². The van der Waals surface area contributed by atoms with Crippen molar-refractivity contribution in [1.82, 2.24) is 15.1 Å². The number of nitrogens with one attached hydrogen (secondary N) is 1. The van der Waals surface area contributed by atoms with E-state index in [0.717, 1.165) is 29.7 Å². The highest BCUT2D eigenvalue weighted by molar-refractivity contribution is 7.90. The minimum Gasteiger partial charge on any atom is -0.338 e. The summed E-state index contributed by atoms with van der Waals surface area (Å²) in [6.07, 6.45) is 6.03. The molecule has 1 aromatic heterocycles. The van der Waals surface area contributed by atoms with Gasteiger partial charge in [-0.15, -0.1) is 23.2 Å². The highest BCUT2D eigenvalue weighted by Gasteiger charge is 2.47. The maximum Gasteiger partial charge on any atom is 0.225 e. The van der Waals surface area contributed by atoms with Crippen molar-refractivity contribution in [2.24, 2.45) is 18.7 Å². The number of nitrogens with zero attached hydrogens (tertiary/aromatic N) is 2. The number of rotatable bonds is 5. The maximum absolute atomic E-state index is 13.1. The van der Waals surface area contributed by atoms with Gasteiger partial charge in [-0.05, 0) is 49.8 Å². The molecular formula is C21H26Cl2N4O3S. The number of aromatic nitrogens is 2. The zero-order chi connectivity index (χ0) is 22.6. The predicted molar refractivity (Wildman–Crippen MR) is 121 cm³/mol. The Bertz CT molecular complexity index is 1110. The van der Waals surface area contributed by atoms with Crippen LogP contribution in [0.25, 0.3) is 11.1 Å². The first-order chi connectivity index (χ1) is 14.4. The summed E-state index contributed by atoms with van der Waals surface area (Å²) in [5, 5.41) is 7.62. The van der Waals surface area contributed by atoms with E-state index >= 15 is 0 Å². The number of hydrogen-bond donors (Lipinski definition) is 2. The molecule has 7 nitrogen and oxygen atoms in total. The zero-order valence-electron chi connectivity index (χ0n) is 17.4. The third-order valence-electron chi connectivity index (χ3n) is 6.12. The molecule has 0 bridgehead atoms. The summed E-state index contributed by atoms with van der Waals surface area (Å²) in [6, 6.07) is 6.70. The van der Waals surface area contributed by atoms with Gasteiger partial charge in [0.15, 0.2) is 9.84 Å². The van der Waals surface area contributed by atoms with Crippen LogP contribution in [-0.2, 0) is 21.7 Å². The van der Waals surface area contributed by atoms with E-state index in [-0.39, 0.29) is 16.7 Å². The van der Waals surface area contributed by atoms with Crippen molar-refractivity contribution in [2.45, 2.75) is 52.9 Å². The van der Waals surface area contributed by atoms with Gasteiger partial charge in [0.05, 0.1) is 16.3 Å². The molecule has 2 aromatic rings. The summed E-state index contributed by atoms with van der Waals surface area (Å²) in [5.74, 6) is -0.799. The van der Waals surface area contributed by atoms with Crippen LogP contribution in [0, 0.1) is 5.92 Å². The van der Waals surface area contributed by atoms with Crippen LogP contribution in [0.2, 0.25) is 0 Å². The van der Waals surface area contributed by atoms with Crippen molar-refractivity contribution < 1.29 is 13.2 Å². The SMILES string of the molecule is Cn1cc(-c2ccc(S(C)(=O)=O)cc2)c(C2CCC(Cl)(Cl)CC2C(=O)NC2(N)CC2)n1. The van der Waals surface area contributed by atoms with E-state index in [9.17, 15) is 13.2 Å². The van der Waals surface area contributed by atoms with Crippen LogP contribution in [0.1, 0.15) is 43.7 Å². The molecular weight excluding hydrogens is 459 g/mol. The highest BCUT2D eigenvalue weighted by atomic mass is 35.5. The number of nitrogens with two attached hydrogens (primary N) is 1. The van der Waals surface area contributed by atoms with Crippen molar-refractivity contribution in [3.05, 3.63) is 36.2 Å². The van der Waals surface area contributed by atoms with E-state index in [2.05, 4.69) is 10.4 Å². The average molecular weight is 485 g/mol. The third-order valence-corrected chi connectivity index (χ3v) is 7.94. The fourth-order valence-electron chi connectivity index (χ4n) is 4.22. The van der Waals surface area contributed by atoms with Gasteiger partial charge in [0, 0.05) is 36.9 Å². The summed E-state index contributed by atoms with van der Waals surface area (Å²) >= 11 is 12.9. The molecule has 1 aromatic carbocycles. The number of carbonyl (C=O) groups is 1. The smallest absolute Gasteiger partial charge is 0.225 e. The van der Waals surface area contributed by atoms with Gasteiger partial charge >= 0.3 is 0 Å². The Morgan fingerprint density at radius 1 is 1.23 bits per heavy atom. The third kappa shape index (κ3) is 4.92. The Kier molecular flexibility index (Phi) is 5.65. The lowest BCUT2D eigenvalue weighted by atomic mass is 9.75. The number of carbonyl (C=O) groups excluding carboxylic acids is 1. The zero-order valence-corrected chi connectivity index (χ0v) is 19.8. The second-order valence-electron chi connectivity index (χ2n) is 8.86.